The van der Waals surface area contributed by atoms with Gasteiger partial charge >= 0.3 is 0 Å². The summed E-state index contributed by atoms with van der Waals surface area (Å²) >= 11 is 0. The Balaban J connectivity index is 2.26. The number of aryl methyl sites for hydroxylation is 2. The van der Waals surface area contributed by atoms with Gasteiger partial charge in [-0.2, -0.15) is 5.10 Å². The molecule has 1 atom stereocenters. The standard InChI is InChI=1S/C13H21N5O2/c1-3-18-11(6-9(2)16-18)13(20)17(8-12(14)19)10-4-5-15-7-10/h6,10,15H,3-5,7-8H2,1-2H3,(H2,14,19). The lowest BCUT2D eigenvalue weighted by atomic mass is 10.2. The Hall–Kier alpha value is -1.89. The lowest BCUT2D eigenvalue weighted by Gasteiger charge is -2.27. The van der Waals surface area contributed by atoms with Crippen LogP contribution < -0.4 is 11.1 Å². The maximum atomic E-state index is 12.7. The molecular weight excluding hydrogens is 258 g/mol. The fraction of sp³-hybridized carbons (Fsp3) is 0.615. The van der Waals surface area contributed by atoms with Gasteiger partial charge in [-0.25, -0.2) is 0 Å². The smallest absolute Gasteiger partial charge is 0.272 e. The molecule has 0 spiro atoms. The molecule has 2 amide bonds. The molecule has 1 aliphatic rings. The lowest BCUT2D eigenvalue weighted by molar-refractivity contribution is -0.119. The molecule has 1 aliphatic heterocycles. The van der Waals surface area contributed by atoms with Crippen LogP contribution in [-0.4, -0.2) is 52.2 Å². The first kappa shape index (κ1) is 14.5. The van der Waals surface area contributed by atoms with Crippen LogP contribution in [0.15, 0.2) is 6.07 Å². The highest BCUT2D eigenvalue weighted by molar-refractivity contribution is 5.95. The largest absolute Gasteiger partial charge is 0.368 e. The van der Waals surface area contributed by atoms with Crippen molar-refractivity contribution < 1.29 is 9.59 Å². The Labute approximate surface area is 118 Å². The van der Waals surface area contributed by atoms with Gasteiger partial charge in [0, 0.05) is 19.1 Å². The van der Waals surface area contributed by atoms with Gasteiger partial charge in [-0.15, -0.1) is 0 Å². The molecule has 1 unspecified atom stereocenters. The second kappa shape index (κ2) is 6.04. The Bertz CT molecular complexity index is 505. The van der Waals surface area contributed by atoms with Gasteiger partial charge in [0.2, 0.25) is 5.91 Å². The first-order chi connectivity index (χ1) is 9.52. The molecule has 20 heavy (non-hydrogen) atoms. The monoisotopic (exact) mass is 279 g/mol. The Morgan fingerprint density at radius 1 is 1.60 bits per heavy atom. The minimum absolute atomic E-state index is 0.00973. The average Bonchev–Trinajstić information content (AvgIpc) is 3.03. The van der Waals surface area contributed by atoms with Crippen molar-refractivity contribution in [2.45, 2.75) is 32.9 Å². The number of primary amides is 1. The number of hydrogen-bond acceptors (Lipinski definition) is 4. The second-order valence-corrected chi connectivity index (χ2v) is 5.03. The first-order valence-corrected chi connectivity index (χ1v) is 6.87. The van der Waals surface area contributed by atoms with E-state index in [-0.39, 0.29) is 18.5 Å². The molecule has 110 valence electrons. The molecule has 1 fully saturated rings. The Morgan fingerprint density at radius 3 is 2.90 bits per heavy atom. The van der Waals surface area contributed by atoms with Gasteiger partial charge in [-0.1, -0.05) is 0 Å². The predicted octanol–water partition coefficient (Wildman–Crippen LogP) is -0.499. The third-order valence-corrected chi connectivity index (χ3v) is 3.48. The molecular formula is C13H21N5O2. The van der Waals surface area contributed by atoms with Crippen molar-refractivity contribution in [2.24, 2.45) is 5.73 Å². The minimum Gasteiger partial charge on any atom is -0.368 e. The van der Waals surface area contributed by atoms with Gasteiger partial charge in [0.15, 0.2) is 0 Å². The van der Waals surface area contributed by atoms with E-state index in [9.17, 15) is 9.59 Å². The van der Waals surface area contributed by atoms with Gasteiger partial charge < -0.3 is 16.0 Å². The van der Waals surface area contributed by atoms with Crippen molar-refractivity contribution in [1.29, 1.82) is 0 Å². The normalized spacial score (nSPS) is 18.2. The highest BCUT2D eigenvalue weighted by Crippen LogP contribution is 2.14. The van der Waals surface area contributed by atoms with Gasteiger partial charge in [0.1, 0.15) is 12.2 Å². The topological polar surface area (TPSA) is 93.2 Å². The van der Waals surface area contributed by atoms with E-state index < -0.39 is 5.91 Å². The van der Waals surface area contributed by atoms with E-state index in [1.54, 1.807) is 15.6 Å². The molecule has 3 N–H and O–H groups in total. The van der Waals surface area contributed by atoms with Crippen LogP contribution in [0.5, 0.6) is 0 Å². The van der Waals surface area contributed by atoms with E-state index in [2.05, 4.69) is 10.4 Å². The number of hydrogen-bond donors (Lipinski definition) is 2. The molecule has 0 radical (unpaired) electrons. The van der Waals surface area contributed by atoms with E-state index in [1.807, 2.05) is 13.8 Å². The summed E-state index contributed by atoms with van der Waals surface area (Å²) in [4.78, 5) is 25.5. The summed E-state index contributed by atoms with van der Waals surface area (Å²) < 4.78 is 1.66. The minimum atomic E-state index is -0.496. The summed E-state index contributed by atoms with van der Waals surface area (Å²) in [7, 11) is 0. The average molecular weight is 279 g/mol. The second-order valence-electron chi connectivity index (χ2n) is 5.03. The highest BCUT2D eigenvalue weighted by atomic mass is 16.2. The van der Waals surface area contributed by atoms with E-state index in [1.165, 1.54) is 0 Å². The summed E-state index contributed by atoms with van der Waals surface area (Å²) in [6.45, 7) is 5.87. The molecule has 1 aromatic rings. The molecule has 0 saturated carbocycles. The van der Waals surface area contributed by atoms with Gasteiger partial charge in [0.25, 0.3) is 5.91 Å². The highest BCUT2D eigenvalue weighted by Gasteiger charge is 2.30. The Kier molecular flexibility index (Phi) is 4.39. The Morgan fingerprint density at radius 2 is 2.35 bits per heavy atom. The fourth-order valence-corrected chi connectivity index (χ4v) is 2.55. The summed E-state index contributed by atoms with van der Waals surface area (Å²) in [5, 5.41) is 7.47. The molecule has 2 heterocycles. The molecule has 0 bridgehead atoms. The van der Waals surface area contributed by atoms with E-state index in [4.69, 9.17) is 5.73 Å². The SMILES string of the molecule is CCn1nc(C)cc1C(=O)N(CC(N)=O)C1CCNC1. The quantitative estimate of drug-likeness (QED) is 0.760. The van der Waals surface area contributed by atoms with Crippen LogP contribution >= 0.6 is 0 Å². The summed E-state index contributed by atoms with van der Waals surface area (Å²) in [6, 6.07) is 1.76. The molecule has 1 aromatic heterocycles. The maximum absolute atomic E-state index is 12.7. The van der Waals surface area contributed by atoms with E-state index in [0.717, 1.165) is 18.7 Å². The molecule has 0 aliphatic carbocycles. The van der Waals surface area contributed by atoms with Crippen LogP contribution in [0.25, 0.3) is 0 Å². The predicted molar refractivity (Wildman–Crippen MR) is 74.1 cm³/mol. The van der Waals surface area contributed by atoms with Gasteiger partial charge in [-0.05, 0) is 32.9 Å². The van der Waals surface area contributed by atoms with Crippen molar-refractivity contribution in [1.82, 2.24) is 20.0 Å². The van der Waals surface area contributed by atoms with Crippen LogP contribution in [0.3, 0.4) is 0 Å². The van der Waals surface area contributed by atoms with Crippen LogP contribution in [0.1, 0.15) is 29.5 Å². The molecule has 1 saturated heterocycles. The van der Waals surface area contributed by atoms with Crippen LogP contribution in [0, 0.1) is 6.92 Å². The lowest BCUT2D eigenvalue weighted by Crippen LogP contribution is -2.46. The zero-order valence-electron chi connectivity index (χ0n) is 11.9. The number of rotatable bonds is 5. The number of nitrogens with zero attached hydrogens (tertiary/aromatic N) is 3. The van der Waals surface area contributed by atoms with Crippen molar-refractivity contribution in [3.8, 4) is 0 Å². The molecule has 2 rings (SSSR count). The van der Waals surface area contributed by atoms with Crippen molar-refractivity contribution in [3.63, 3.8) is 0 Å². The van der Waals surface area contributed by atoms with Crippen molar-refractivity contribution in [2.75, 3.05) is 19.6 Å². The summed E-state index contributed by atoms with van der Waals surface area (Å²) in [5.74, 6) is -0.676. The number of carbonyl (C=O) groups is 2. The number of nitrogens with two attached hydrogens (primary N) is 1. The van der Waals surface area contributed by atoms with Crippen LogP contribution in [-0.2, 0) is 11.3 Å². The van der Waals surface area contributed by atoms with Crippen molar-refractivity contribution >= 4 is 11.8 Å². The van der Waals surface area contributed by atoms with Gasteiger partial charge in [-0.3, -0.25) is 14.3 Å². The third kappa shape index (κ3) is 2.98. The summed E-state index contributed by atoms with van der Waals surface area (Å²) in [6.07, 6.45) is 0.832. The van der Waals surface area contributed by atoms with Crippen LogP contribution in [0.4, 0.5) is 0 Å². The number of amides is 2. The molecule has 0 aromatic carbocycles. The summed E-state index contributed by atoms with van der Waals surface area (Å²) in [5.41, 5.74) is 6.58. The van der Waals surface area contributed by atoms with Crippen molar-refractivity contribution in [3.05, 3.63) is 17.5 Å². The number of carbonyl (C=O) groups excluding carboxylic acids is 2. The maximum Gasteiger partial charge on any atom is 0.272 e. The number of aromatic nitrogens is 2. The molecule has 7 nitrogen and oxygen atoms in total. The van der Waals surface area contributed by atoms with E-state index >= 15 is 0 Å². The number of nitrogens with one attached hydrogen (secondary N) is 1. The van der Waals surface area contributed by atoms with E-state index in [0.29, 0.717) is 18.8 Å². The third-order valence-electron chi connectivity index (χ3n) is 3.48. The zero-order valence-corrected chi connectivity index (χ0v) is 11.9. The van der Waals surface area contributed by atoms with Gasteiger partial charge in [0.05, 0.1) is 5.69 Å². The fourth-order valence-electron chi connectivity index (χ4n) is 2.55. The zero-order chi connectivity index (χ0) is 14.7. The molecule has 7 heteroatoms. The van der Waals surface area contributed by atoms with Crippen LogP contribution in [0.2, 0.25) is 0 Å². The first-order valence-electron chi connectivity index (χ1n) is 6.87.